The lowest BCUT2D eigenvalue weighted by molar-refractivity contribution is 0.335. The van der Waals surface area contributed by atoms with Gasteiger partial charge in [-0.1, -0.05) is 24.3 Å². The van der Waals surface area contributed by atoms with Crippen molar-refractivity contribution in [1.29, 1.82) is 0 Å². The summed E-state index contributed by atoms with van der Waals surface area (Å²) in [5.41, 5.74) is 2.94. The molecule has 1 aliphatic rings. The van der Waals surface area contributed by atoms with Crippen molar-refractivity contribution in [1.82, 2.24) is 4.90 Å². The topological polar surface area (TPSA) is 23.5 Å². The quantitative estimate of drug-likeness (QED) is 0.861. The first-order valence-corrected chi connectivity index (χ1v) is 6.90. The molecule has 1 unspecified atom stereocenters. The first kappa shape index (κ1) is 13.1. The van der Waals surface area contributed by atoms with Crippen LogP contribution in [-0.4, -0.2) is 30.1 Å². The van der Waals surface area contributed by atoms with Gasteiger partial charge in [0.25, 0.3) is 0 Å². The van der Waals surface area contributed by atoms with Crippen LogP contribution in [0.15, 0.2) is 42.5 Å². The minimum absolute atomic E-state index is 0.0363. The largest absolute Gasteiger partial charge is 0.508 e. The summed E-state index contributed by atoms with van der Waals surface area (Å²) in [5, 5.41) is 9.77. The van der Waals surface area contributed by atoms with E-state index >= 15 is 0 Å². The predicted octanol–water partition coefficient (Wildman–Crippen LogP) is 3.15. The third-order valence-electron chi connectivity index (χ3n) is 4.04. The van der Waals surface area contributed by atoms with Crippen molar-refractivity contribution in [3.05, 3.63) is 65.0 Å². The van der Waals surface area contributed by atoms with Crippen molar-refractivity contribution in [2.24, 2.45) is 0 Å². The van der Waals surface area contributed by atoms with Crippen LogP contribution >= 0.6 is 0 Å². The number of phenols is 1. The summed E-state index contributed by atoms with van der Waals surface area (Å²) in [7, 11) is 2.06. The molecule has 0 saturated carbocycles. The second-order valence-electron chi connectivity index (χ2n) is 5.47. The van der Waals surface area contributed by atoms with Crippen LogP contribution in [0.4, 0.5) is 4.39 Å². The Labute approximate surface area is 118 Å². The second-order valence-corrected chi connectivity index (χ2v) is 5.47. The van der Waals surface area contributed by atoms with Crippen LogP contribution in [0, 0.1) is 5.82 Å². The molecule has 0 aliphatic carbocycles. The summed E-state index contributed by atoms with van der Waals surface area (Å²) < 4.78 is 14.1. The number of aromatic hydroxyl groups is 1. The van der Waals surface area contributed by atoms with Crippen LogP contribution in [-0.2, 0) is 6.42 Å². The molecule has 1 N–H and O–H groups in total. The molecule has 2 nitrogen and oxygen atoms in total. The summed E-state index contributed by atoms with van der Waals surface area (Å²) >= 11 is 0. The van der Waals surface area contributed by atoms with E-state index in [1.54, 1.807) is 18.2 Å². The second kappa shape index (κ2) is 5.25. The van der Waals surface area contributed by atoms with Gasteiger partial charge in [0.05, 0.1) is 0 Å². The van der Waals surface area contributed by atoms with Crippen molar-refractivity contribution in [3.63, 3.8) is 0 Å². The zero-order valence-corrected chi connectivity index (χ0v) is 11.5. The van der Waals surface area contributed by atoms with Crippen molar-refractivity contribution in [2.45, 2.75) is 12.3 Å². The van der Waals surface area contributed by atoms with Crippen LogP contribution in [0.5, 0.6) is 5.75 Å². The number of hydrogen-bond donors (Lipinski definition) is 1. The summed E-state index contributed by atoms with van der Waals surface area (Å²) in [6.07, 6.45) is 0.928. The highest BCUT2D eigenvalue weighted by Gasteiger charge is 2.25. The van der Waals surface area contributed by atoms with Crippen LogP contribution in [0.25, 0.3) is 0 Å². The fraction of sp³-hybridized carbons (Fsp3) is 0.294. The number of phenolic OH excluding ortho intramolecular Hbond substituents is 1. The Morgan fingerprint density at radius 1 is 1.15 bits per heavy atom. The Balaban J connectivity index is 2.14. The number of rotatable bonds is 1. The van der Waals surface area contributed by atoms with Crippen molar-refractivity contribution >= 4 is 0 Å². The van der Waals surface area contributed by atoms with Crippen molar-refractivity contribution in [2.75, 3.05) is 20.1 Å². The highest BCUT2D eigenvalue weighted by atomic mass is 19.1. The monoisotopic (exact) mass is 271 g/mol. The third-order valence-corrected chi connectivity index (χ3v) is 4.04. The van der Waals surface area contributed by atoms with E-state index in [-0.39, 0.29) is 17.5 Å². The molecule has 1 atom stereocenters. The molecule has 1 aliphatic heterocycles. The van der Waals surface area contributed by atoms with Gasteiger partial charge >= 0.3 is 0 Å². The highest BCUT2D eigenvalue weighted by molar-refractivity contribution is 5.43. The molecular weight excluding hydrogens is 253 g/mol. The number of fused-ring (bicyclic) bond motifs is 1. The minimum Gasteiger partial charge on any atom is -0.508 e. The lowest BCUT2D eigenvalue weighted by Crippen LogP contribution is -2.24. The van der Waals surface area contributed by atoms with Crippen LogP contribution in [0.3, 0.4) is 0 Å². The fourth-order valence-electron chi connectivity index (χ4n) is 2.97. The van der Waals surface area contributed by atoms with E-state index in [1.165, 1.54) is 11.6 Å². The molecule has 20 heavy (non-hydrogen) atoms. The van der Waals surface area contributed by atoms with E-state index in [0.717, 1.165) is 25.1 Å². The van der Waals surface area contributed by atoms with Gasteiger partial charge in [-0.2, -0.15) is 0 Å². The molecule has 3 rings (SSSR count). The van der Waals surface area contributed by atoms with E-state index in [1.807, 2.05) is 18.2 Å². The number of nitrogens with zero attached hydrogens (tertiary/aromatic N) is 1. The molecule has 1 heterocycles. The Morgan fingerprint density at radius 2 is 1.95 bits per heavy atom. The zero-order chi connectivity index (χ0) is 14.1. The maximum absolute atomic E-state index is 14.1. The third kappa shape index (κ3) is 2.41. The van der Waals surface area contributed by atoms with Crippen molar-refractivity contribution in [3.8, 4) is 5.75 Å². The standard InChI is InChI=1S/C17H18FNO/c1-19-9-8-12-6-7-13(20)10-15(12)16(11-19)14-4-2-3-5-17(14)18/h2-7,10,16,20H,8-9,11H2,1H3. The first-order chi connectivity index (χ1) is 9.65. The average molecular weight is 271 g/mol. The number of likely N-dealkylation sites (N-methyl/N-ethyl adjacent to an activating group) is 1. The lowest BCUT2D eigenvalue weighted by atomic mass is 9.87. The van der Waals surface area contributed by atoms with E-state index in [9.17, 15) is 9.50 Å². The number of halogens is 1. The average Bonchev–Trinajstić information content (AvgIpc) is 2.59. The molecule has 3 heteroatoms. The van der Waals surface area contributed by atoms with Gasteiger partial charge in [0.15, 0.2) is 0 Å². The van der Waals surface area contributed by atoms with Gasteiger partial charge in [0.2, 0.25) is 0 Å². The molecule has 104 valence electrons. The predicted molar refractivity (Wildman–Crippen MR) is 77.6 cm³/mol. The lowest BCUT2D eigenvalue weighted by Gasteiger charge is -2.22. The molecule has 0 fully saturated rings. The minimum atomic E-state index is -0.179. The number of benzene rings is 2. The first-order valence-electron chi connectivity index (χ1n) is 6.90. The maximum atomic E-state index is 14.1. The summed E-state index contributed by atoms with van der Waals surface area (Å²) in [4.78, 5) is 2.22. The van der Waals surface area contributed by atoms with Crippen LogP contribution < -0.4 is 0 Å². The molecule has 2 aromatic carbocycles. The maximum Gasteiger partial charge on any atom is 0.127 e. The van der Waals surface area contributed by atoms with Crippen LogP contribution in [0.2, 0.25) is 0 Å². The van der Waals surface area contributed by atoms with Gasteiger partial charge in [0.1, 0.15) is 11.6 Å². The Kier molecular flexibility index (Phi) is 3.45. The van der Waals surface area contributed by atoms with Crippen LogP contribution in [0.1, 0.15) is 22.6 Å². The van der Waals surface area contributed by atoms with E-state index in [2.05, 4.69) is 11.9 Å². The van der Waals surface area contributed by atoms with E-state index in [0.29, 0.717) is 5.56 Å². The van der Waals surface area contributed by atoms with Gasteiger partial charge in [-0.15, -0.1) is 0 Å². The molecule has 0 bridgehead atoms. The fourth-order valence-corrected chi connectivity index (χ4v) is 2.97. The normalized spacial score (nSPS) is 19.4. The smallest absolute Gasteiger partial charge is 0.127 e. The van der Waals surface area contributed by atoms with Gasteiger partial charge in [-0.25, -0.2) is 4.39 Å². The van der Waals surface area contributed by atoms with Gasteiger partial charge in [-0.05, 0) is 48.4 Å². The molecule has 0 radical (unpaired) electrons. The molecule has 2 aromatic rings. The summed E-state index contributed by atoms with van der Waals surface area (Å²) in [5.74, 6) is 0.0301. The summed E-state index contributed by atoms with van der Waals surface area (Å²) in [6.45, 7) is 1.71. The van der Waals surface area contributed by atoms with E-state index < -0.39 is 0 Å². The van der Waals surface area contributed by atoms with Gasteiger partial charge < -0.3 is 10.0 Å². The molecule has 0 spiro atoms. The van der Waals surface area contributed by atoms with Gasteiger partial charge in [-0.3, -0.25) is 0 Å². The molecule has 0 aromatic heterocycles. The Hall–Kier alpha value is -1.87. The van der Waals surface area contributed by atoms with Crippen molar-refractivity contribution < 1.29 is 9.50 Å². The molecule has 0 amide bonds. The Morgan fingerprint density at radius 3 is 2.75 bits per heavy atom. The molecule has 0 saturated heterocycles. The Bertz CT molecular complexity index is 626. The zero-order valence-electron chi connectivity index (χ0n) is 11.5. The highest BCUT2D eigenvalue weighted by Crippen LogP contribution is 2.34. The van der Waals surface area contributed by atoms with E-state index in [4.69, 9.17) is 0 Å². The van der Waals surface area contributed by atoms with Gasteiger partial charge in [0, 0.05) is 19.0 Å². The SMILES string of the molecule is CN1CCc2ccc(O)cc2C(c2ccccc2F)C1. The summed E-state index contributed by atoms with van der Waals surface area (Å²) in [6, 6.07) is 12.4. The number of hydrogen-bond acceptors (Lipinski definition) is 2. The molecular formula is C17H18FNO.